The Kier molecular flexibility index (Phi) is 4.95. The zero-order valence-corrected chi connectivity index (χ0v) is 12.1. The lowest BCUT2D eigenvalue weighted by Gasteiger charge is -2.17. The highest BCUT2D eigenvalue weighted by Gasteiger charge is 2.14. The van der Waals surface area contributed by atoms with Gasteiger partial charge in [-0.1, -0.05) is 6.92 Å². The SMILES string of the molecule is Cc1sc(CN(C)CC(C)C(=O)O)cc1Br. The van der Waals surface area contributed by atoms with Gasteiger partial charge < -0.3 is 10.0 Å². The molecule has 0 amide bonds. The van der Waals surface area contributed by atoms with Crippen molar-refractivity contribution in [1.82, 2.24) is 4.90 Å². The first-order chi connectivity index (χ1) is 7.40. The van der Waals surface area contributed by atoms with Gasteiger partial charge in [0.1, 0.15) is 0 Å². The molecule has 16 heavy (non-hydrogen) atoms. The highest BCUT2D eigenvalue weighted by molar-refractivity contribution is 9.10. The molecule has 5 heteroatoms. The van der Waals surface area contributed by atoms with E-state index in [2.05, 4.69) is 28.9 Å². The average Bonchev–Trinajstić information content (AvgIpc) is 2.45. The average molecular weight is 306 g/mol. The first-order valence-corrected chi connectivity index (χ1v) is 6.67. The standard InChI is InChI=1S/C11H16BrNO2S/c1-7(11(14)15)5-13(3)6-9-4-10(12)8(2)16-9/h4,7H,5-6H2,1-3H3,(H,14,15). The number of carboxylic acid groups (broad SMARTS) is 1. The highest BCUT2D eigenvalue weighted by atomic mass is 79.9. The van der Waals surface area contributed by atoms with Crippen molar-refractivity contribution in [2.24, 2.45) is 5.92 Å². The molecule has 1 atom stereocenters. The predicted octanol–water partition coefficient (Wildman–Crippen LogP) is 2.97. The van der Waals surface area contributed by atoms with Crippen LogP contribution in [0.2, 0.25) is 0 Å². The van der Waals surface area contributed by atoms with Gasteiger partial charge >= 0.3 is 5.97 Å². The van der Waals surface area contributed by atoms with E-state index in [0.717, 1.165) is 11.0 Å². The summed E-state index contributed by atoms with van der Waals surface area (Å²) in [6, 6.07) is 2.10. The third-order valence-electron chi connectivity index (χ3n) is 2.34. The Morgan fingerprint density at radius 2 is 2.31 bits per heavy atom. The summed E-state index contributed by atoms with van der Waals surface area (Å²) in [6.07, 6.45) is 0. The van der Waals surface area contributed by atoms with Crippen LogP contribution < -0.4 is 0 Å². The molecule has 90 valence electrons. The largest absolute Gasteiger partial charge is 0.481 e. The number of aryl methyl sites for hydroxylation is 1. The molecular weight excluding hydrogens is 290 g/mol. The van der Waals surface area contributed by atoms with Gasteiger partial charge in [-0.25, -0.2) is 0 Å². The zero-order chi connectivity index (χ0) is 12.3. The molecule has 0 saturated carbocycles. The molecule has 1 unspecified atom stereocenters. The van der Waals surface area contributed by atoms with E-state index in [1.165, 1.54) is 9.75 Å². The van der Waals surface area contributed by atoms with Crippen molar-refractivity contribution >= 4 is 33.2 Å². The number of thiophene rings is 1. The molecule has 0 spiro atoms. The maximum atomic E-state index is 10.7. The van der Waals surface area contributed by atoms with Gasteiger partial charge in [0, 0.05) is 27.3 Å². The topological polar surface area (TPSA) is 40.5 Å². The van der Waals surface area contributed by atoms with Crippen LogP contribution in [0.15, 0.2) is 10.5 Å². The van der Waals surface area contributed by atoms with Crippen LogP contribution in [0.3, 0.4) is 0 Å². The fraction of sp³-hybridized carbons (Fsp3) is 0.545. The van der Waals surface area contributed by atoms with E-state index in [1.54, 1.807) is 18.3 Å². The van der Waals surface area contributed by atoms with Crippen LogP contribution in [0, 0.1) is 12.8 Å². The molecule has 0 bridgehead atoms. The minimum atomic E-state index is -0.740. The Hall–Kier alpha value is -0.390. The lowest BCUT2D eigenvalue weighted by atomic mass is 10.2. The number of nitrogens with zero attached hydrogens (tertiary/aromatic N) is 1. The third kappa shape index (κ3) is 3.88. The van der Waals surface area contributed by atoms with Gasteiger partial charge in [-0.3, -0.25) is 4.79 Å². The maximum Gasteiger partial charge on any atom is 0.307 e. The normalized spacial score (nSPS) is 13.1. The first kappa shape index (κ1) is 13.7. The Morgan fingerprint density at radius 3 is 2.75 bits per heavy atom. The van der Waals surface area contributed by atoms with Crippen LogP contribution >= 0.6 is 27.3 Å². The lowest BCUT2D eigenvalue weighted by molar-refractivity contribution is -0.141. The number of carboxylic acids is 1. The number of hydrogen-bond donors (Lipinski definition) is 1. The second-order valence-corrected chi connectivity index (χ2v) is 6.25. The van der Waals surface area contributed by atoms with Crippen LogP contribution in [0.1, 0.15) is 16.7 Å². The van der Waals surface area contributed by atoms with Crippen LogP contribution in [0.5, 0.6) is 0 Å². The summed E-state index contributed by atoms with van der Waals surface area (Å²) in [5.74, 6) is -1.06. The zero-order valence-electron chi connectivity index (χ0n) is 9.66. The molecule has 0 aliphatic carbocycles. The van der Waals surface area contributed by atoms with E-state index in [4.69, 9.17) is 5.11 Å². The molecule has 0 aliphatic rings. The summed E-state index contributed by atoms with van der Waals surface area (Å²) < 4.78 is 1.13. The fourth-order valence-corrected chi connectivity index (χ4v) is 3.15. The van der Waals surface area contributed by atoms with Gasteiger partial charge in [-0.2, -0.15) is 0 Å². The lowest BCUT2D eigenvalue weighted by Crippen LogP contribution is -2.27. The van der Waals surface area contributed by atoms with Crippen molar-refractivity contribution in [2.75, 3.05) is 13.6 Å². The first-order valence-electron chi connectivity index (χ1n) is 5.06. The fourth-order valence-electron chi connectivity index (χ4n) is 1.47. The van der Waals surface area contributed by atoms with E-state index >= 15 is 0 Å². The van der Waals surface area contributed by atoms with Crippen LogP contribution in [0.25, 0.3) is 0 Å². The molecule has 0 aromatic carbocycles. The van der Waals surface area contributed by atoms with Gasteiger partial charge in [0.25, 0.3) is 0 Å². The van der Waals surface area contributed by atoms with Gasteiger partial charge in [-0.05, 0) is 36.0 Å². The summed E-state index contributed by atoms with van der Waals surface area (Å²) in [6.45, 7) is 5.17. The molecule has 1 aromatic heterocycles. The minimum absolute atomic E-state index is 0.325. The molecule has 0 saturated heterocycles. The van der Waals surface area contributed by atoms with E-state index in [0.29, 0.717) is 6.54 Å². The predicted molar refractivity (Wildman–Crippen MR) is 69.9 cm³/mol. The van der Waals surface area contributed by atoms with Crippen LogP contribution in [0.4, 0.5) is 0 Å². The van der Waals surface area contributed by atoms with Gasteiger partial charge in [0.05, 0.1) is 5.92 Å². The molecule has 1 aromatic rings. The monoisotopic (exact) mass is 305 g/mol. The van der Waals surface area contributed by atoms with E-state index in [1.807, 2.05) is 11.9 Å². The third-order valence-corrected chi connectivity index (χ3v) is 4.46. The number of halogens is 1. The Bertz CT molecular complexity index is 359. The van der Waals surface area contributed by atoms with Gasteiger partial charge in [0.15, 0.2) is 0 Å². The van der Waals surface area contributed by atoms with E-state index in [-0.39, 0.29) is 5.92 Å². The van der Waals surface area contributed by atoms with Crippen molar-refractivity contribution in [2.45, 2.75) is 20.4 Å². The summed E-state index contributed by atoms with van der Waals surface area (Å²) in [7, 11) is 1.95. The van der Waals surface area contributed by atoms with Crippen molar-refractivity contribution in [3.8, 4) is 0 Å². The van der Waals surface area contributed by atoms with E-state index in [9.17, 15) is 4.79 Å². The second kappa shape index (κ2) is 5.80. The van der Waals surface area contributed by atoms with Crippen molar-refractivity contribution in [3.63, 3.8) is 0 Å². The maximum absolute atomic E-state index is 10.7. The highest BCUT2D eigenvalue weighted by Crippen LogP contribution is 2.27. The summed E-state index contributed by atoms with van der Waals surface area (Å²) in [5.41, 5.74) is 0. The number of hydrogen-bond acceptors (Lipinski definition) is 3. The quantitative estimate of drug-likeness (QED) is 0.909. The van der Waals surface area contributed by atoms with Crippen LogP contribution in [-0.4, -0.2) is 29.6 Å². The molecule has 0 radical (unpaired) electrons. The number of aliphatic carboxylic acids is 1. The molecule has 0 aliphatic heterocycles. The van der Waals surface area contributed by atoms with Crippen LogP contribution in [-0.2, 0) is 11.3 Å². The van der Waals surface area contributed by atoms with Crippen molar-refractivity contribution < 1.29 is 9.90 Å². The van der Waals surface area contributed by atoms with Gasteiger partial charge in [0.2, 0.25) is 0 Å². The Labute approximate surface area is 108 Å². The molecule has 1 N–H and O–H groups in total. The minimum Gasteiger partial charge on any atom is -0.481 e. The molecular formula is C11H16BrNO2S. The number of rotatable bonds is 5. The molecule has 3 nitrogen and oxygen atoms in total. The molecule has 1 rings (SSSR count). The van der Waals surface area contributed by atoms with Crippen molar-refractivity contribution in [1.29, 1.82) is 0 Å². The Balaban J connectivity index is 2.51. The second-order valence-electron chi connectivity index (χ2n) is 4.05. The Morgan fingerprint density at radius 1 is 1.69 bits per heavy atom. The van der Waals surface area contributed by atoms with E-state index < -0.39 is 5.97 Å². The summed E-state index contributed by atoms with van der Waals surface area (Å²) in [5, 5.41) is 8.81. The summed E-state index contributed by atoms with van der Waals surface area (Å²) >= 11 is 5.22. The van der Waals surface area contributed by atoms with Gasteiger partial charge in [-0.15, -0.1) is 11.3 Å². The molecule has 0 fully saturated rings. The summed E-state index contributed by atoms with van der Waals surface area (Å²) in [4.78, 5) is 15.3. The molecule has 1 heterocycles. The van der Waals surface area contributed by atoms with Crippen molar-refractivity contribution in [3.05, 3.63) is 20.3 Å². The smallest absolute Gasteiger partial charge is 0.307 e. The number of carbonyl (C=O) groups is 1.